The highest BCUT2D eigenvalue weighted by Gasteiger charge is 2.27. The third-order valence-corrected chi connectivity index (χ3v) is 6.10. The molecule has 1 fully saturated rings. The fourth-order valence-corrected chi connectivity index (χ4v) is 4.53. The molecule has 0 N–H and O–H groups in total. The highest BCUT2D eigenvalue weighted by atomic mass is 16.2. The van der Waals surface area contributed by atoms with Crippen LogP contribution in [0.5, 0.6) is 0 Å². The normalized spacial score (nSPS) is 14.5. The third-order valence-electron chi connectivity index (χ3n) is 6.10. The molecule has 162 valence electrons. The van der Waals surface area contributed by atoms with Gasteiger partial charge in [-0.2, -0.15) is 5.10 Å². The summed E-state index contributed by atoms with van der Waals surface area (Å²) >= 11 is 0. The number of benzene rings is 2. The van der Waals surface area contributed by atoms with Crippen LogP contribution in [0, 0.1) is 0 Å². The molecule has 7 heteroatoms. The van der Waals surface area contributed by atoms with Crippen LogP contribution in [-0.2, 0) is 11.3 Å². The quantitative estimate of drug-likeness (QED) is 0.483. The number of amides is 1. The molecule has 0 atom stereocenters. The number of hydrogen-bond acceptors (Lipinski definition) is 4. The Bertz CT molecular complexity index is 1270. The number of carbonyl (C=O) groups excluding carboxylic acids is 1. The summed E-state index contributed by atoms with van der Waals surface area (Å²) in [7, 11) is 0. The minimum absolute atomic E-state index is 0.0519. The molecule has 1 aliphatic rings. The fraction of sp³-hybridized carbons (Fsp3) is 0.280. The van der Waals surface area contributed by atoms with Crippen molar-refractivity contribution < 1.29 is 4.79 Å². The first-order valence-electron chi connectivity index (χ1n) is 11.1. The smallest absolute Gasteiger partial charge is 0.264 e. The number of para-hydroxylation sites is 2. The van der Waals surface area contributed by atoms with Gasteiger partial charge in [0.05, 0.1) is 11.9 Å². The van der Waals surface area contributed by atoms with Crippen LogP contribution in [0.1, 0.15) is 32.1 Å². The summed E-state index contributed by atoms with van der Waals surface area (Å²) < 4.78 is 3.03. The molecule has 32 heavy (non-hydrogen) atoms. The van der Waals surface area contributed by atoms with Crippen LogP contribution >= 0.6 is 0 Å². The zero-order valence-electron chi connectivity index (χ0n) is 17.8. The van der Waals surface area contributed by atoms with Crippen molar-refractivity contribution in [1.82, 2.24) is 19.3 Å². The van der Waals surface area contributed by atoms with Crippen LogP contribution in [0.15, 0.2) is 78.0 Å². The van der Waals surface area contributed by atoms with Crippen LogP contribution in [0.4, 0.5) is 5.69 Å². The molecule has 0 unspecified atom stereocenters. The van der Waals surface area contributed by atoms with Crippen molar-refractivity contribution >= 4 is 22.6 Å². The highest BCUT2D eigenvalue weighted by Crippen LogP contribution is 2.27. The number of hydrogen-bond donors (Lipinski definition) is 0. The maximum Gasteiger partial charge on any atom is 0.264 e. The van der Waals surface area contributed by atoms with E-state index in [-0.39, 0.29) is 24.1 Å². The Morgan fingerprint density at radius 1 is 0.969 bits per heavy atom. The van der Waals surface area contributed by atoms with Crippen LogP contribution in [0.2, 0.25) is 0 Å². The van der Waals surface area contributed by atoms with Gasteiger partial charge in [-0.05, 0) is 37.1 Å². The summed E-state index contributed by atoms with van der Waals surface area (Å²) in [5.41, 5.74) is 1.93. The summed E-state index contributed by atoms with van der Waals surface area (Å²) in [5, 5.41) is 4.74. The van der Waals surface area contributed by atoms with E-state index in [9.17, 15) is 9.59 Å². The molecule has 1 saturated carbocycles. The zero-order valence-corrected chi connectivity index (χ0v) is 17.8. The van der Waals surface area contributed by atoms with Gasteiger partial charge in [0, 0.05) is 11.7 Å². The Morgan fingerprint density at radius 2 is 1.66 bits per heavy atom. The fourth-order valence-electron chi connectivity index (χ4n) is 4.53. The SMILES string of the molecule is O=C(Cn1cnc2c(cnn2-c2ccccc2)c1=O)N(c1ccccc1)C1CCCCC1. The second kappa shape index (κ2) is 8.78. The van der Waals surface area contributed by atoms with Crippen molar-refractivity contribution in [2.75, 3.05) is 4.90 Å². The van der Waals surface area contributed by atoms with Gasteiger partial charge in [-0.1, -0.05) is 55.7 Å². The van der Waals surface area contributed by atoms with Gasteiger partial charge < -0.3 is 4.90 Å². The average molecular weight is 428 g/mol. The molecule has 0 radical (unpaired) electrons. The van der Waals surface area contributed by atoms with Crippen molar-refractivity contribution in [3.8, 4) is 5.69 Å². The van der Waals surface area contributed by atoms with Crippen LogP contribution in [-0.4, -0.2) is 31.3 Å². The Labute approximate surface area is 185 Å². The Kier molecular flexibility index (Phi) is 5.54. The molecular weight excluding hydrogens is 402 g/mol. The molecule has 2 heterocycles. The number of anilines is 1. The third kappa shape index (κ3) is 3.82. The molecule has 2 aromatic carbocycles. The number of aromatic nitrogens is 4. The van der Waals surface area contributed by atoms with E-state index in [0.717, 1.165) is 37.1 Å². The molecular formula is C25H25N5O2. The molecule has 2 aromatic heterocycles. The topological polar surface area (TPSA) is 73.0 Å². The maximum atomic E-state index is 13.4. The van der Waals surface area contributed by atoms with Crippen molar-refractivity contribution in [2.45, 2.75) is 44.7 Å². The number of fused-ring (bicyclic) bond motifs is 1. The van der Waals surface area contributed by atoms with Crippen LogP contribution in [0.25, 0.3) is 16.7 Å². The van der Waals surface area contributed by atoms with Gasteiger partial charge in [0.1, 0.15) is 18.3 Å². The average Bonchev–Trinajstić information content (AvgIpc) is 3.28. The highest BCUT2D eigenvalue weighted by molar-refractivity contribution is 5.94. The van der Waals surface area contributed by atoms with Gasteiger partial charge in [-0.3, -0.25) is 14.2 Å². The van der Waals surface area contributed by atoms with E-state index >= 15 is 0 Å². The lowest BCUT2D eigenvalue weighted by Crippen LogP contribution is -2.44. The van der Waals surface area contributed by atoms with Gasteiger partial charge in [0.25, 0.3) is 5.56 Å². The lowest BCUT2D eigenvalue weighted by atomic mass is 9.93. The molecule has 0 aliphatic heterocycles. The Hall–Kier alpha value is -3.74. The summed E-state index contributed by atoms with van der Waals surface area (Å²) in [5.74, 6) is -0.0956. The van der Waals surface area contributed by atoms with Crippen molar-refractivity contribution in [3.05, 3.63) is 83.5 Å². The van der Waals surface area contributed by atoms with Crippen molar-refractivity contribution in [2.24, 2.45) is 0 Å². The van der Waals surface area contributed by atoms with Crippen molar-refractivity contribution in [3.63, 3.8) is 0 Å². The van der Waals surface area contributed by atoms with E-state index in [0.29, 0.717) is 11.0 Å². The number of rotatable bonds is 5. The lowest BCUT2D eigenvalue weighted by Gasteiger charge is -2.34. The van der Waals surface area contributed by atoms with E-state index in [1.807, 2.05) is 65.6 Å². The predicted octanol–water partition coefficient (Wildman–Crippen LogP) is 3.95. The Morgan fingerprint density at radius 3 is 2.38 bits per heavy atom. The molecule has 0 spiro atoms. The number of carbonyl (C=O) groups is 1. The van der Waals surface area contributed by atoms with E-state index in [1.54, 1.807) is 4.68 Å². The first-order chi connectivity index (χ1) is 15.7. The summed E-state index contributed by atoms with van der Waals surface area (Å²) in [6.07, 6.45) is 8.38. The second-order valence-electron chi connectivity index (χ2n) is 8.20. The van der Waals surface area contributed by atoms with E-state index < -0.39 is 0 Å². The van der Waals surface area contributed by atoms with Gasteiger partial charge in [0.2, 0.25) is 5.91 Å². The molecule has 0 bridgehead atoms. The molecule has 4 aromatic rings. The maximum absolute atomic E-state index is 13.4. The summed E-state index contributed by atoms with van der Waals surface area (Å²) in [6.45, 7) is -0.0519. The van der Waals surface area contributed by atoms with Crippen LogP contribution < -0.4 is 10.5 Å². The minimum Gasteiger partial charge on any atom is -0.308 e. The molecule has 0 saturated heterocycles. The summed E-state index contributed by atoms with van der Waals surface area (Å²) in [4.78, 5) is 32.9. The van der Waals surface area contributed by atoms with E-state index in [4.69, 9.17) is 0 Å². The predicted molar refractivity (Wildman–Crippen MR) is 124 cm³/mol. The van der Waals surface area contributed by atoms with E-state index in [1.165, 1.54) is 23.5 Å². The molecule has 1 amide bonds. The standard InChI is InChI=1S/C25H25N5O2/c31-23(29(19-10-4-1-5-11-19)20-12-6-2-7-13-20)17-28-18-26-24-22(25(28)32)16-27-30(24)21-14-8-3-9-15-21/h1,3-5,8-11,14-16,18,20H,2,6-7,12-13,17H2. The van der Waals surface area contributed by atoms with Gasteiger partial charge in [-0.25, -0.2) is 9.67 Å². The minimum atomic E-state index is -0.262. The first kappa shape index (κ1) is 20.2. The molecule has 7 nitrogen and oxygen atoms in total. The largest absolute Gasteiger partial charge is 0.308 e. The molecule has 1 aliphatic carbocycles. The van der Waals surface area contributed by atoms with Gasteiger partial charge in [-0.15, -0.1) is 0 Å². The number of nitrogens with zero attached hydrogens (tertiary/aromatic N) is 5. The van der Waals surface area contributed by atoms with Crippen molar-refractivity contribution in [1.29, 1.82) is 0 Å². The van der Waals surface area contributed by atoms with Crippen LogP contribution in [0.3, 0.4) is 0 Å². The first-order valence-corrected chi connectivity index (χ1v) is 11.1. The monoisotopic (exact) mass is 427 g/mol. The van der Waals surface area contributed by atoms with Gasteiger partial charge >= 0.3 is 0 Å². The Balaban J connectivity index is 1.46. The second-order valence-corrected chi connectivity index (χ2v) is 8.20. The van der Waals surface area contributed by atoms with E-state index in [2.05, 4.69) is 10.1 Å². The summed E-state index contributed by atoms with van der Waals surface area (Å²) in [6, 6.07) is 19.5. The molecule has 5 rings (SSSR count). The van der Waals surface area contributed by atoms with Gasteiger partial charge in [0.15, 0.2) is 5.65 Å². The lowest BCUT2D eigenvalue weighted by molar-refractivity contribution is -0.119. The zero-order chi connectivity index (χ0) is 21.9.